The predicted molar refractivity (Wildman–Crippen MR) is 94.4 cm³/mol. The van der Waals surface area contributed by atoms with E-state index >= 15 is 0 Å². The summed E-state index contributed by atoms with van der Waals surface area (Å²) in [5.41, 5.74) is 0.00495. The lowest BCUT2D eigenvalue weighted by molar-refractivity contribution is -0.128. The molecule has 1 amide bonds. The largest absolute Gasteiger partial charge is 0.495 e. The molecule has 2 rings (SSSR count). The maximum Gasteiger partial charge on any atom is 0.338 e. The number of hydrogen-bond acceptors (Lipinski definition) is 6. The summed E-state index contributed by atoms with van der Waals surface area (Å²) in [5, 5.41) is 2.51. The van der Waals surface area contributed by atoms with Crippen molar-refractivity contribution in [2.45, 2.75) is 36.8 Å². The summed E-state index contributed by atoms with van der Waals surface area (Å²) in [5.74, 6) is -1.17. The quantitative estimate of drug-likeness (QED) is 0.487. The second-order valence-corrected chi connectivity index (χ2v) is 7.52. The summed E-state index contributed by atoms with van der Waals surface area (Å²) < 4.78 is 37.7. The van der Waals surface area contributed by atoms with E-state index in [1.54, 1.807) is 0 Å². The zero-order valence-corrected chi connectivity index (χ0v) is 15.5. The van der Waals surface area contributed by atoms with E-state index in [9.17, 15) is 18.0 Å². The number of hydrogen-bond donors (Lipinski definition) is 2. The van der Waals surface area contributed by atoms with Crippen LogP contribution in [0.1, 0.15) is 30.1 Å². The average molecular weight is 382 g/mol. The molecule has 1 aliphatic carbocycles. The van der Waals surface area contributed by atoms with E-state index in [2.05, 4.69) is 16.6 Å². The molecule has 26 heavy (non-hydrogen) atoms. The number of carbonyl (C=O) groups excluding carboxylic acids is 2. The van der Waals surface area contributed by atoms with Gasteiger partial charge in [-0.15, -0.1) is 6.58 Å². The fourth-order valence-corrected chi connectivity index (χ4v) is 3.60. The Morgan fingerprint density at radius 2 is 2.08 bits per heavy atom. The number of amides is 1. The van der Waals surface area contributed by atoms with Gasteiger partial charge in [-0.2, -0.15) is 0 Å². The number of nitrogens with one attached hydrogen (secondary N) is 2. The van der Waals surface area contributed by atoms with Crippen LogP contribution in [0.3, 0.4) is 0 Å². The van der Waals surface area contributed by atoms with Gasteiger partial charge in [-0.25, -0.2) is 17.9 Å². The van der Waals surface area contributed by atoms with Crippen LogP contribution < -0.4 is 14.8 Å². The molecule has 9 heteroatoms. The van der Waals surface area contributed by atoms with Crippen LogP contribution in [0, 0.1) is 0 Å². The maximum atomic E-state index is 12.5. The molecular formula is C17H22N2O6S. The first-order chi connectivity index (χ1) is 12.3. The minimum absolute atomic E-state index is 0.00495. The van der Waals surface area contributed by atoms with Crippen LogP contribution in [0.5, 0.6) is 5.75 Å². The van der Waals surface area contributed by atoms with Gasteiger partial charge in [0.2, 0.25) is 10.0 Å². The summed E-state index contributed by atoms with van der Waals surface area (Å²) in [6.45, 7) is 5.15. The molecule has 2 N–H and O–H groups in total. The molecule has 1 saturated carbocycles. The van der Waals surface area contributed by atoms with Crippen molar-refractivity contribution in [3.63, 3.8) is 0 Å². The van der Waals surface area contributed by atoms with Crippen LogP contribution in [0.2, 0.25) is 0 Å². The third-order valence-corrected chi connectivity index (χ3v) is 5.20. The first-order valence-corrected chi connectivity index (χ1v) is 9.56. The van der Waals surface area contributed by atoms with Gasteiger partial charge in [-0.05, 0) is 38.0 Å². The Labute approximate surface area is 152 Å². The number of methoxy groups -OCH3 is 1. The van der Waals surface area contributed by atoms with Gasteiger partial charge in [0, 0.05) is 12.6 Å². The van der Waals surface area contributed by atoms with Crippen molar-refractivity contribution in [1.82, 2.24) is 10.0 Å². The van der Waals surface area contributed by atoms with E-state index in [1.807, 2.05) is 0 Å². The summed E-state index contributed by atoms with van der Waals surface area (Å²) in [6.07, 6.45) is 2.02. The smallest absolute Gasteiger partial charge is 0.338 e. The van der Waals surface area contributed by atoms with Crippen molar-refractivity contribution >= 4 is 21.9 Å². The van der Waals surface area contributed by atoms with Gasteiger partial charge in [0.05, 0.1) is 12.7 Å². The first kappa shape index (κ1) is 19.9. The molecule has 0 unspecified atom stereocenters. The Kier molecular flexibility index (Phi) is 6.38. The molecule has 0 spiro atoms. The summed E-state index contributed by atoms with van der Waals surface area (Å²) in [6, 6.07) is 3.85. The monoisotopic (exact) mass is 382 g/mol. The fraction of sp³-hybridized carbons (Fsp3) is 0.412. The van der Waals surface area contributed by atoms with E-state index < -0.39 is 28.0 Å². The lowest BCUT2D eigenvalue weighted by atomic mass is 10.2. The van der Waals surface area contributed by atoms with Gasteiger partial charge in [0.15, 0.2) is 6.10 Å². The highest BCUT2D eigenvalue weighted by molar-refractivity contribution is 7.89. The van der Waals surface area contributed by atoms with Gasteiger partial charge in [0.1, 0.15) is 10.6 Å². The molecule has 1 aromatic rings. The van der Waals surface area contributed by atoms with E-state index in [0.29, 0.717) is 0 Å². The molecule has 142 valence electrons. The van der Waals surface area contributed by atoms with Crippen molar-refractivity contribution in [2.75, 3.05) is 13.7 Å². The van der Waals surface area contributed by atoms with Crippen LogP contribution in [0.25, 0.3) is 0 Å². The van der Waals surface area contributed by atoms with Crippen LogP contribution in [0.15, 0.2) is 35.7 Å². The van der Waals surface area contributed by atoms with Gasteiger partial charge in [-0.1, -0.05) is 6.08 Å². The van der Waals surface area contributed by atoms with Gasteiger partial charge < -0.3 is 14.8 Å². The van der Waals surface area contributed by atoms with Crippen molar-refractivity contribution in [3.05, 3.63) is 36.4 Å². The second-order valence-electron chi connectivity index (χ2n) is 5.84. The Morgan fingerprint density at radius 3 is 2.65 bits per heavy atom. The highest BCUT2D eigenvalue weighted by Gasteiger charge is 2.30. The molecule has 1 atom stereocenters. The Bertz CT molecular complexity index is 801. The number of sulfonamides is 1. The topological polar surface area (TPSA) is 111 Å². The molecule has 1 fully saturated rings. The second kappa shape index (κ2) is 8.33. The SMILES string of the molecule is C=CCNC(=O)[C@H](C)OC(=O)c1ccc(OC)c(S(=O)(=O)NC2CC2)c1. The molecule has 8 nitrogen and oxygen atoms in total. The normalized spacial score (nSPS) is 15.0. The fourth-order valence-electron chi connectivity index (χ4n) is 2.10. The third-order valence-electron chi connectivity index (χ3n) is 3.66. The lowest BCUT2D eigenvalue weighted by Gasteiger charge is -2.14. The van der Waals surface area contributed by atoms with Crippen molar-refractivity contribution in [1.29, 1.82) is 0 Å². The van der Waals surface area contributed by atoms with Gasteiger partial charge in [-0.3, -0.25) is 4.79 Å². The van der Waals surface area contributed by atoms with Crippen LogP contribution in [0.4, 0.5) is 0 Å². The highest BCUT2D eigenvalue weighted by atomic mass is 32.2. The van der Waals surface area contributed by atoms with E-state index in [-0.39, 0.29) is 28.8 Å². The molecular weight excluding hydrogens is 360 g/mol. The predicted octanol–water partition coefficient (Wildman–Crippen LogP) is 0.983. The average Bonchev–Trinajstić information content (AvgIpc) is 3.42. The lowest BCUT2D eigenvalue weighted by Crippen LogP contribution is -2.35. The molecule has 1 aliphatic rings. The maximum absolute atomic E-state index is 12.5. The Balaban J connectivity index is 2.18. The van der Waals surface area contributed by atoms with Crippen molar-refractivity contribution in [3.8, 4) is 5.75 Å². The van der Waals surface area contributed by atoms with Gasteiger partial charge in [0.25, 0.3) is 5.91 Å². The summed E-state index contributed by atoms with van der Waals surface area (Å²) >= 11 is 0. The standard InChI is InChI=1S/C17H22N2O6S/c1-4-9-18-16(20)11(2)25-17(21)12-5-8-14(24-3)15(10-12)26(22,23)19-13-6-7-13/h4-5,8,10-11,13,19H,1,6-7,9H2,2-3H3,(H,18,20)/t11-/m0/s1. The number of benzene rings is 1. The van der Waals surface area contributed by atoms with Crippen LogP contribution >= 0.6 is 0 Å². The highest BCUT2D eigenvalue weighted by Crippen LogP contribution is 2.28. The summed E-state index contributed by atoms with van der Waals surface area (Å²) in [7, 11) is -2.48. The minimum Gasteiger partial charge on any atom is -0.495 e. The first-order valence-electron chi connectivity index (χ1n) is 8.08. The molecule has 1 aromatic carbocycles. The van der Waals surface area contributed by atoms with Crippen molar-refractivity contribution < 1.29 is 27.5 Å². The molecule has 0 aliphatic heterocycles. The summed E-state index contributed by atoms with van der Waals surface area (Å²) in [4.78, 5) is 23.9. The number of esters is 1. The molecule has 0 bridgehead atoms. The molecule has 0 saturated heterocycles. The zero-order valence-electron chi connectivity index (χ0n) is 14.7. The Hall–Kier alpha value is -2.39. The van der Waals surface area contributed by atoms with E-state index in [0.717, 1.165) is 12.8 Å². The third kappa shape index (κ3) is 5.06. The van der Waals surface area contributed by atoms with Crippen LogP contribution in [-0.2, 0) is 19.6 Å². The van der Waals surface area contributed by atoms with Crippen molar-refractivity contribution in [2.24, 2.45) is 0 Å². The van der Waals surface area contributed by atoms with E-state index in [4.69, 9.17) is 9.47 Å². The molecule has 0 aromatic heterocycles. The number of carbonyl (C=O) groups is 2. The molecule has 0 radical (unpaired) electrons. The Morgan fingerprint density at radius 1 is 1.38 bits per heavy atom. The number of ether oxygens (including phenoxy) is 2. The van der Waals surface area contributed by atoms with E-state index in [1.165, 1.54) is 38.3 Å². The van der Waals surface area contributed by atoms with Gasteiger partial charge >= 0.3 is 5.97 Å². The van der Waals surface area contributed by atoms with Crippen LogP contribution in [-0.4, -0.2) is 46.1 Å². The zero-order chi connectivity index (χ0) is 19.3. The minimum atomic E-state index is -3.83. The molecule has 0 heterocycles. The number of rotatable bonds is 9.